The number of pyridine rings is 1. The second-order valence-corrected chi connectivity index (χ2v) is 4.12. The van der Waals surface area contributed by atoms with E-state index in [4.69, 9.17) is 17.4 Å². The minimum Gasteiger partial charge on any atom is -0.308 e. The molecule has 0 aliphatic rings. The summed E-state index contributed by atoms with van der Waals surface area (Å²) in [5, 5.41) is 1.58. The van der Waals surface area contributed by atoms with Crippen molar-refractivity contribution in [1.82, 2.24) is 4.98 Å². The Hall–Kier alpha value is -0.840. The minimum atomic E-state index is 0.599. The number of nitrogens with two attached hydrogens (primary N) is 1. The van der Waals surface area contributed by atoms with E-state index in [1.165, 1.54) is 0 Å². The van der Waals surface area contributed by atoms with Gasteiger partial charge in [-0.05, 0) is 24.3 Å². The number of nitrogens with zero attached hydrogens (tertiary/aromatic N) is 1. The van der Waals surface area contributed by atoms with E-state index in [9.17, 15) is 0 Å². The molecule has 2 rings (SSSR count). The number of anilines is 1. The maximum absolute atomic E-state index is 6.03. The van der Waals surface area contributed by atoms with E-state index < -0.39 is 0 Å². The monoisotopic (exact) mass is 271 g/mol. The van der Waals surface area contributed by atoms with Gasteiger partial charge in [0.1, 0.15) is 5.82 Å². The highest BCUT2D eigenvalue weighted by molar-refractivity contribution is 9.10. The molecule has 72 valence electrons. The quantitative estimate of drug-likeness (QED) is 0.620. The van der Waals surface area contributed by atoms with Crippen LogP contribution in [0.5, 0.6) is 0 Å². The molecule has 0 bridgehead atoms. The Morgan fingerprint density at radius 1 is 1.36 bits per heavy atom. The third-order valence-corrected chi connectivity index (χ3v) is 2.60. The average Bonchev–Trinajstić information content (AvgIpc) is 2.17. The second kappa shape index (κ2) is 3.73. The fraction of sp³-hybridized carbons (Fsp3) is 0. The highest BCUT2D eigenvalue weighted by Crippen LogP contribution is 2.27. The Bertz CT molecular complexity index is 487. The van der Waals surface area contributed by atoms with Crippen molar-refractivity contribution >= 4 is 44.3 Å². The third kappa shape index (κ3) is 1.68. The Morgan fingerprint density at radius 2 is 2.14 bits per heavy atom. The lowest BCUT2D eigenvalue weighted by Gasteiger charge is -2.03. The van der Waals surface area contributed by atoms with Crippen LogP contribution in [0, 0.1) is 0 Å². The van der Waals surface area contributed by atoms with Gasteiger partial charge in [-0.15, -0.1) is 0 Å². The lowest BCUT2D eigenvalue weighted by Crippen LogP contribution is -2.08. The lowest BCUT2D eigenvalue weighted by atomic mass is 10.2. The van der Waals surface area contributed by atoms with Crippen molar-refractivity contribution in [3.8, 4) is 0 Å². The second-order valence-electron chi connectivity index (χ2n) is 2.80. The molecule has 5 heteroatoms. The number of fused-ring (bicyclic) bond motifs is 1. The number of aromatic nitrogens is 1. The number of nitrogen functional groups attached to an aromatic ring is 1. The van der Waals surface area contributed by atoms with Crippen LogP contribution in [-0.2, 0) is 0 Å². The van der Waals surface area contributed by atoms with E-state index in [2.05, 4.69) is 26.3 Å². The first-order valence-corrected chi connectivity index (χ1v) is 5.10. The van der Waals surface area contributed by atoms with Crippen molar-refractivity contribution in [3.05, 3.63) is 33.8 Å². The zero-order valence-corrected chi connectivity index (χ0v) is 9.43. The maximum atomic E-state index is 6.03. The molecule has 0 radical (unpaired) electrons. The summed E-state index contributed by atoms with van der Waals surface area (Å²) in [5.41, 5.74) is 3.22. The Kier molecular flexibility index (Phi) is 2.58. The minimum absolute atomic E-state index is 0.599. The van der Waals surface area contributed by atoms with Gasteiger partial charge in [-0.2, -0.15) is 0 Å². The van der Waals surface area contributed by atoms with Crippen molar-refractivity contribution in [2.45, 2.75) is 0 Å². The first-order chi connectivity index (χ1) is 6.70. The summed E-state index contributed by atoms with van der Waals surface area (Å²) in [6.07, 6.45) is 0. The smallest absolute Gasteiger partial charge is 0.140 e. The molecule has 1 aromatic carbocycles. The molecule has 3 nitrogen and oxygen atoms in total. The molecule has 1 heterocycles. The molecule has 2 aromatic rings. The summed E-state index contributed by atoms with van der Waals surface area (Å²) in [7, 11) is 0. The van der Waals surface area contributed by atoms with E-state index >= 15 is 0 Å². The van der Waals surface area contributed by atoms with Gasteiger partial charge in [0, 0.05) is 9.86 Å². The average molecular weight is 273 g/mol. The summed E-state index contributed by atoms with van der Waals surface area (Å²) in [4.78, 5) is 4.25. The zero-order valence-electron chi connectivity index (χ0n) is 7.09. The van der Waals surface area contributed by atoms with E-state index in [0.29, 0.717) is 10.8 Å². The van der Waals surface area contributed by atoms with Crippen LogP contribution < -0.4 is 11.3 Å². The SMILES string of the molecule is NNc1ccc2cc(Br)cc(Cl)c2n1. The van der Waals surface area contributed by atoms with Crippen molar-refractivity contribution in [2.24, 2.45) is 5.84 Å². The van der Waals surface area contributed by atoms with Crippen molar-refractivity contribution < 1.29 is 0 Å². The summed E-state index contributed by atoms with van der Waals surface area (Å²) < 4.78 is 0.935. The summed E-state index contributed by atoms with van der Waals surface area (Å²) in [6.45, 7) is 0. The Balaban J connectivity index is 2.75. The number of hydrazine groups is 1. The normalized spacial score (nSPS) is 10.5. The van der Waals surface area contributed by atoms with Crippen molar-refractivity contribution in [2.75, 3.05) is 5.43 Å². The Morgan fingerprint density at radius 3 is 2.86 bits per heavy atom. The van der Waals surface area contributed by atoms with Crippen LogP contribution in [0.3, 0.4) is 0 Å². The van der Waals surface area contributed by atoms with Gasteiger partial charge < -0.3 is 5.43 Å². The molecule has 0 spiro atoms. The largest absolute Gasteiger partial charge is 0.308 e. The molecule has 0 fully saturated rings. The Labute approximate surface area is 94.4 Å². The van der Waals surface area contributed by atoms with Gasteiger partial charge in [0.05, 0.1) is 10.5 Å². The molecular weight excluding hydrogens is 265 g/mol. The van der Waals surface area contributed by atoms with E-state index in [1.807, 2.05) is 12.1 Å². The van der Waals surface area contributed by atoms with Crippen LogP contribution >= 0.6 is 27.5 Å². The zero-order chi connectivity index (χ0) is 10.1. The van der Waals surface area contributed by atoms with Crippen LogP contribution in [0.4, 0.5) is 5.82 Å². The molecule has 0 aliphatic carbocycles. The predicted molar refractivity (Wildman–Crippen MR) is 62.3 cm³/mol. The van der Waals surface area contributed by atoms with E-state index in [0.717, 1.165) is 15.4 Å². The van der Waals surface area contributed by atoms with Crippen LogP contribution in [0.15, 0.2) is 28.7 Å². The first-order valence-electron chi connectivity index (χ1n) is 3.93. The molecule has 0 atom stereocenters. The maximum Gasteiger partial charge on any atom is 0.140 e. The van der Waals surface area contributed by atoms with Gasteiger partial charge in [0.15, 0.2) is 0 Å². The number of nitrogens with one attached hydrogen (secondary N) is 1. The van der Waals surface area contributed by atoms with Crippen LogP contribution in [-0.4, -0.2) is 4.98 Å². The standard InChI is InChI=1S/C9H7BrClN3/c10-6-3-5-1-2-8(14-12)13-9(5)7(11)4-6/h1-4H,12H2,(H,13,14). The van der Waals surface area contributed by atoms with E-state index in [-0.39, 0.29) is 0 Å². The number of hydrogen-bond acceptors (Lipinski definition) is 3. The van der Waals surface area contributed by atoms with Gasteiger partial charge in [-0.1, -0.05) is 27.5 Å². The number of rotatable bonds is 1. The lowest BCUT2D eigenvalue weighted by molar-refractivity contribution is 1.26. The highest BCUT2D eigenvalue weighted by atomic mass is 79.9. The van der Waals surface area contributed by atoms with Crippen molar-refractivity contribution in [3.63, 3.8) is 0 Å². The summed E-state index contributed by atoms with van der Waals surface area (Å²) in [6, 6.07) is 7.46. The molecule has 0 aliphatic heterocycles. The van der Waals surface area contributed by atoms with Gasteiger partial charge in [0.25, 0.3) is 0 Å². The van der Waals surface area contributed by atoms with E-state index in [1.54, 1.807) is 12.1 Å². The number of benzene rings is 1. The fourth-order valence-electron chi connectivity index (χ4n) is 1.24. The van der Waals surface area contributed by atoms with Crippen LogP contribution in [0.25, 0.3) is 10.9 Å². The number of hydrogen-bond donors (Lipinski definition) is 2. The molecule has 3 N–H and O–H groups in total. The molecular formula is C9H7BrClN3. The fourth-order valence-corrected chi connectivity index (χ4v) is 2.11. The third-order valence-electron chi connectivity index (χ3n) is 1.86. The van der Waals surface area contributed by atoms with Crippen LogP contribution in [0.1, 0.15) is 0 Å². The molecule has 14 heavy (non-hydrogen) atoms. The summed E-state index contributed by atoms with van der Waals surface area (Å²) >= 11 is 9.40. The van der Waals surface area contributed by atoms with Crippen LogP contribution in [0.2, 0.25) is 5.02 Å². The molecule has 0 unspecified atom stereocenters. The van der Waals surface area contributed by atoms with Gasteiger partial charge in [-0.25, -0.2) is 10.8 Å². The van der Waals surface area contributed by atoms with Gasteiger partial charge in [0.2, 0.25) is 0 Å². The predicted octanol–water partition coefficient (Wildman–Crippen LogP) is 2.94. The topological polar surface area (TPSA) is 50.9 Å². The van der Waals surface area contributed by atoms with Gasteiger partial charge in [-0.3, -0.25) is 0 Å². The molecule has 0 saturated heterocycles. The van der Waals surface area contributed by atoms with Crippen molar-refractivity contribution in [1.29, 1.82) is 0 Å². The first kappa shape index (κ1) is 9.71. The number of halogens is 2. The molecule has 0 amide bonds. The highest BCUT2D eigenvalue weighted by Gasteiger charge is 2.03. The van der Waals surface area contributed by atoms with Gasteiger partial charge >= 0.3 is 0 Å². The molecule has 0 saturated carbocycles. The summed E-state index contributed by atoms with van der Waals surface area (Å²) in [5.74, 6) is 5.85. The molecule has 1 aromatic heterocycles.